The van der Waals surface area contributed by atoms with Gasteiger partial charge >= 0.3 is 0 Å². The average Bonchev–Trinajstić information content (AvgIpc) is 3.16. The van der Waals surface area contributed by atoms with E-state index in [1.807, 2.05) is 4.57 Å². The van der Waals surface area contributed by atoms with Gasteiger partial charge in [-0.05, 0) is 39.3 Å². The topological polar surface area (TPSA) is 58.4 Å². The number of nitrogens with zero attached hydrogens (tertiary/aromatic N) is 4. The van der Waals surface area contributed by atoms with Gasteiger partial charge in [-0.25, -0.2) is 13.4 Å². The van der Waals surface area contributed by atoms with Crippen LogP contribution in [-0.2, 0) is 22.9 Å². The van der Waals surface area contributed by atoms with Crippen LogP contribution in [0.3, 0.4) is 0 Å². The molecule has 2 heterocycles. The number of hydrogen-bond acceptors (Lipinski definition) is 5. The summed E-state index contributed by atoms with van der Waals surface area (Å²) in [5, 5.41) is 0.247. The molecule has 2 aliphatic rings. The molecule has 1 atom stereocenters. The van der Waals surface area contributed by atoms with Crippen molar-refractivity contribution in [2.45, 2.75) is 62.8 Å². The van der Waals surface area contributed by atoms with Gasteiger partial charge < -0.3 is 9.47 Å². The molecule has 0 aromatic carbocycles. The lowest BCUT2D eigenvalue weighted by Crippen LogP contribution is -2.31. The Balaban J connectivity index is 1.77. The number of rotatable bonds is 6. The Labute approximate surface area is 152 Å². The van der Waals surface area contributed by atoms with E-state index in [2.05, 4.69) is 28.9 Å². The SMILES string of the molecule is CN(C)C1CCN(Cc2cnc(S(C)(=O)=O)n2CC2CCCCC2)C1. The molecule has 7 heteroatoms. The molecular formula is C18H32N4O2S. The summed E-state index contributed by atoms with van der Waals surface area (Å²) in [5.41, 5.74) is 1.05. The summed E-state index contributed by atoms with van der Waals surface area (Å²) in [4.78, 5) is 8.99. The second kappa shape index (κ2) is 7.76. The molecule has 1 aromatic heterocycles. The Hall–Kier alpha value is -0.920. The molecule has 25 heavy (non-hydrogen) atoms. The van der Waals surface area contributed by atoms with Crippen LogP contribution in [0.25, 0.3) is 0 Å². The average molecular weight is 369 g/mol. The number of sulfone groups is 1. The highest BCUT2D eigenvalue weighted by atomic mass is 32.2. The van der Waals surface area contributed by atoms with Crippen molar-refractivity contribution in [3.63, 3.8) is 0 Å². The summed E-state index contributed by atoms with van der Waals surface area (Å²) in [5.74, 6) is 0.579. The molecule has 0 spiro atoms. The first-order valence-electron chi connectivity index (χ1n) is 9.48. The highest BCUT2D eigenvalue weighted by Crippen LogP contribution is 2.27. The van der Waals surface area contributed by atoms with Crippen LogP contribution in [0.15, 0.2) is 11.4 Å². The van der Waals surface area contributed by atoms with Crippen LogP contribution in [-0.4, -0.2) is 67.3 Å². The van der Waals surface area contributed by atoms with E-state index in [1.54, 1.807) is 6.20 Å². The summed E-state index contributed by atoms with van der Waals surface area (Å²) in [6, 6.07) is 0.587. The van der Waals surface area contributed by atoms with E-state index in [0.29, 0.717) is 12.0 Å². The molecule has 6 nitrogen and oxygen atoms in total. The Morgan fingerprint density at radius 2 is 1.92 bits per heavy atom. The van der Waals surface area contributed by atoms with E-state index in [0.717, 1.165) is 31.9 Å². The lowest BCUT2D eigenvalue weighted by atomic mass is 9.89. The van der Waals surface area contributed by atoms with Gasteiger partial charge in [-0.2, -0.15) is 0 Å². The van der Waals surface area contributed by atoms with Gasteiger partial charge in [0.25, 0.3) is 0 Å². The molecule has 1 aromatic rings. The van der Waals surface area contributed by atoms with Gasteiger partial charge in [-0.1, -0.05) is 19.3 Å². The maximum absolute atomic E-state index is 12.2. The number of likely N-dealkylation sites (tertiary alicyclic amines) is 1. The molecule has 0 amide bonds. The fourth-order valence-corrected chi connectivity index (χ4v) is 5.08. The second-order valence-electron chi connectivity index (χ2n) is 8.06. The van der Waals surface area contributed by atoms with Gasteiger partial charge in [0, 0.05) is 38.5 Å². The predicted octanol–water partition coefficient (Wildman–Crippen LogP) is 2.00. The Bertz CT molecular complexity index is 677. The van der Waals surface area contributed by atoms with Crippen molar-refractivity contribution in [2.75, 3.05) is 33.4 Å². The van der Waals surface area contributed by atoms with Crippen LogP contribution in [0, 0.1) is 5.92 Å². The first kappa shape index (κ1) is 18.9. The Morgan fingerprint density at radius 3 is 2.52 bits per heavy atom. The molecule has 3 rings (SSSR count). The largest absolute Gasteiger partial charge is 0.317 e. The first-order valence-corrected chi connectivity index (χ1v) is 11.4. The van der Waals surface area contributed by atoms with Crippen molar-refractivity contribution in [1.29, 1.82) is 0 Å². The molecule has 1 aliphatic heterocycles. The molecule has 0 bridgehead atoms. The maximum Gasteiger partial charge on any atom is 0.227 e. The monoisotopic (exact) mass is 368 g/mol. The minimum atomic E-state index is -3.30. The summed E-state index contributed by atoms with van der Waals surface area (Å²) in [6.07, 6.45) is 10.5. The number of likely N-dealkylation sites (N-methyl/N-ethyl adjacent to an activating group) is 1. The Morgan fingerprint density at radius 1 is 1.20 bits per heavy atom. The van der Waals surface area contributed by atoms with Gasteiger partial charge in [-0.3, -0.25) is 4.90 Å². The fraction of sp³-hybridized carbons (Fsp3) is 0.833. The number of hydrogen-bond donors (Lipinski definition) is 0. The molecule has 142 valence electrons. The van der Waals surface area contributed by atoms with E-state index < -0.39 is 9.84 Å². The molecular weight excluding hydrogens is 336 g/mol. The molecule has 1 saturated heterocycles. The van der Waals surface area contributed by atoms with Crippen molar-refractivity contribution >= 4 is 9.84 Å². The van der Waals surface area contributed by atoms with Crippen molar-refractivity contribution < 1.29 is 8.42 Å². The Kier molecular flexibility index (Phi) is 5.85. The van der Waals surface area contributed by atoms with Gasteiger partial charge in [-0.15, -0.1) is 0 Å². The predicted molar refractivity (Wildman–Crippen MR) is 99.3 cm³/mol. The van der Waals surface area contributed by atoms with Gasteiger partial charge in [0.2, 0.25) is 15.0 Å². The van der Waals surface area contributed by atoms with E-state index in [4.69, 9.17) is 0 Å². The van der Waals surface area contributed by atoms with E-state index >= 15 is 0 Å². The zero-order valence-corrected chi connectivity index (χ0v) is 16.6. The summed E-state index contributed by atoms with van der Waals surface area (Å²) < 4.78 is 26.4. The zero-order chi connectivity index (χ0) is 18.0. The molecule has 1 unspecified atom stereocenters. The van der Waals surface area contributed by atoms with Crippen molar-refractivity contribution in [3.05, 3.63) is 11.9 Å². The number of imidazole rings is 1. The van der Waals surface area contributed by atoms with Crippen LogP contribution in [0.5, 0.6) is 0 Å². The van der Waals surface area contributed by atoms with E-state index in [9.17, 15) is 8.42 Å². The molecule has 0 N–H and O–H groups in total. The number of aromatic nitrogens is 2. The third-order valence-corrected chi connectivity index (χ3v) is 6.75. The van der Waals surface area contributed by atoms with Gasteiger partial charge in [0.15, 0.2) is 0 Å². The lowest BCUT2D eigenvalue weighted by molar-refractivity contribution is 0.255. The van der Waals surface area contributed by atoms with Crippen molar-refractivity contribution in [1.82, 2.24) is 19.4 Å². The minimum absolute atomic E-state index is 0.247. The molecule has 1 saturated carbocycles. The van der Waals surface area contributed by atoms with Crippen LogP contribution >= 0.6 is 0 Å². The van der Waals surface area contributed by atoms with Crippen LogP contribution in [0.1, 0.15) is 44.2 Å². The summed E-state index contributed by atoms with van der Waals surface area (Å²) in [7, 11) is 0.960. The third kappa shape index (κ3) is 4.63. The van der Waals surface area contributed by atoms with Crippen molar-refractivity contribution in [3.8, 4) is 0 Å². The third-order valence-electron chi connectivity index (χ3n) is 5.76. The van der Waals surface area contributed by atoms with E-state index in [1.165, 1.54) is 44.8 Å². The highest BCUT2D eigenvalue weighted by Gasteiger charge is 2.27. The lowest BCUT2D eigenvalue weighted by Gasteiger charge is -2.25. The second-order valence-corrected chi connectivity index (χ2v) is 9.97. The van der Waals surface area contributed by atoms with Gasteiger partial charge in [0.05, 0.1) is 11.9 Å². The standard InChI is InChI=1S/C18H32N4O2S/c1-20(2)16-9-10-21(13-16)14-17-11-19-18(25(3,23)24)22(17)12-15-7-5-4-6-8-15/h11,15-16H,4-10,12-14H2,1-3H3. The first-order chi connectivity index (χ1) is 11.8. The van der Waals surface area contributed by atoms with Crippen LogP contribution < -0.4 is 0 Å². The quantitative estimate of drug-likeness (QED) is 0.769. The van der Waals surface area contributed by atoms with Gasteiger partial charge in [0.1, 0.15) is 0 Å². The smallest absolute Gasteiger partial charge is 0.227 e. The van der Waals surface area contributed by atoms with Crippen molar-refractivity contribution in [2.24, 2.45) is 5.92 Å². The molecule has 0 radical (unpaired) electrons. The molecule has 1 aliphatic carbocycles. The summed E-state index contributed by atoms with van der Waals surface area (Å²) in [6.45, 7) is 3.68. The minimum Gasteiger partial charge on any atom is -0.317 e. The summed E-state index contributed by atoms with van der Waals surface area (Å²) >= 11 is 0. The fourth-order valence-electron chi connectivity index (χ4n) is 4.24. The zero-order valence-electron chi connectivity index (χ0n) is 15.8. The van der Waals surface area contributed by atoms with Crippen LogP contribution in [0.2, 0.25) is 0 Å². The maximum atomic E-state index is 12.2. The normalized spacial score (nSPS) is 23.6. The van der Waals surface area contributed by atoms with E-state index in [-0.39, 0.29) is 5.16 Å². The highest BCUT2D eigenvalue weighted by molar-refractivity contribution is 7.90. The van der Waals surface area contributed by atoms with Crippen LogP contribution in [0.4, 0.5) is 0 Å². The molecule has 2 fully saturated rings.